The lowest BCUT2D eigenvalue weighted by molar-refractivity contribution is -0.123. The van der Waals surface area contributed by atoms with Crippen molar-refractivity contribution in [1.82, 2.24) is 5.32 Å². The van der Waals surface area contributed by atoms with E-state index >= 15 is 0 Å². The summed E-state index contributed by atoms with van der Waals surface area (Å²) in [6, 6.07) is 7.40. The minimum Gasteiger partial charge on any atom is -0.493 e. The molecule has 2 rings (SSSR count). The van der Waals surface area contributed by atoms with Crippen molar-refractivity contribution < 1.29 is 14.3 Å². The van der Waals surface area contributed by atoms with Crippen molar-refractivity contribution in [3.8, 4) is 11.5 Å². The highest BCUT2D eigenvalue weighted by Gasteiger charge is 2.41. The first-order chi connectivity index (χ1) is 10.1. The van der Waals surface area contributed by atoms with Crippen LogP contribution in [0.15, 0.2) is 24.3 Å². The lowest BCUT2D eigenvalue weighted by Crippen LogP contribution is -2.53. The molecular weight excluding hydrogens is 268 g/mol. The van der Waals surface area contributed by atoms with Gasteiger partial charge in [-0.25, -0.2) is 0 Å². The predicted molar refractivity (Wildman–Crippen MR) is 81.4 cm³/mol. The smallest absolute Gasteiger partial charge is 0.223 e. The number of carbonyl (C=O) groups excluding carboxylic acids is 1. The molecule has 21 heavy (non-hydrogen) atoms. The van der Waals surface area contributed by atoms with E-state index in [0.29, 0.717) is 37.0 Å². The molecule has 0 aliphatic heterocycles. The standard InChI is InChI=1S/C16H24N2O3/c1-16(11-17,12-7-8-12)18-15(19)9-10-21-14-6-4-3-5-13(14)20-2/h3-6,12H,7-11,17H2,1-2H3,(H,18,19). The summed E-state index contributed by atoms with van der Waals surface area (Å²) in [6.45, 7) is 2.80. The van der Waals surface area contributed by atoms with Crippen LogP contribution in [0.4, 0.5) is 0 Å². The van der Waals surface area contributed by atoms with Crippen molar-refractivity contribution in [3.05, 3.63) is 24.3 Å². The maximum Gasteiger partial charge on any atom is 0.223 e. The van der Waals surface area contributed by atoms with Crippen LogP contribution in [-0.4, -0.2) is 31.7 Å². The van der Waals surface area contributed by atoms with Gasteiger partial charge in [-0.05, 0) is 37.8 Å². The molecule has 1 fully saturated rings. The number of nitrogens with one attached hydrogen (secondary N) is 1. The SMILES string of the molecule is COc1ccccc1OCCC(=O)NC(C)(CN)C1CC1. The van der Waals surface area contributed by atoms with Gasteiger partial charge in [0.05, 0.1) is 25.7 Å². The molecule has 116 valence electrons. The number of nitrogens with two attached hydrogens (primary N) is 1. The van der Waals surface area contributed by atoms with Crippen LogP contribution in [-0.2, 0) is 4.79 Å². The first-order valence-corrected chi connectivity index (χ1v) is 7.36. The average molecular weight is 292 g/mol. The summed E-state index contributed by atoms with van der Waals surface area (Å²) >= 11 is 0. The predicted octanol–water partition coefficient (Wildman–Crippen LogP) is 1.71. The lowest BCUT2D eigenvalue weighted by Gasteiger charge is -2.29. The van der Waals surface area contributed by atoms with Gasteiger partial charge in [0.25, 0.3) is 0 Å². The topological polar surface area (TPSA) is 73.6 Å². The van der Waals surface area contributed by atoms with E-state index in [1.807, 2.05) is 31.2 Å². The Morgan fingerprint density at radius 1 is 1.38 bits per heavy atom. The number of hydrogen-bond acceptors (Lipinski definition) is 4. The Morgan fingerprint density at radius 2 is 2.05 bits per heavy atom. The molecule has 1 unspecified atom stereocenters. The van der Waals surface area contributed by atoms with Crippen LogP contribution in [0.25, 0.3) is 0 Å². The van der Waals surface area contributed by atoms with Gasteiger partial charge in [-0.2, -0.15) is 0 Å². The number of benzene rings is 1. The zero-order chi connectivity index (χ0) is 15.3. The van der Waals surface area contributed by atoms with E-state index in [4.69, 9.17) is 15.2 Å². The first-order valence-electron chi connectivity index (χ1n) is 7.36. The molecule has 5 heteroatoms. The Labute approximate surface area is 125 Å². The molecule has 1 aromatic rings. The van der Waals surface area contributed by atoms with E-state index in [0.717, 1.165) is 12.8 Å². The van der Waals surface area contributed by atoms with Gasteiger partial charge in [0, 0.05) is 6.54 Å². The summed E-state index contributed by atoms with van der Waals surface area (Å²) in [5.41, 5.74) is 5.52. The highest BCUT2D eigenvalue weighted by Crippen LogP contribution is 2.39. The van der Waals surface area contributed by atoms with Crippen molar-refractivity contribution >= 4 is 5.91 Å². The van der Waals surface area contributed by atoms with Gasteiger partial charge < -0.3 is 20.5 Å². The summed E-state index contributed by atoms with van der Waals surface area (Å²) in [7, 11) is 1.59. The van der Waals surface area contributed by atoms with Crippen molar-refractivity contribution in [2.24, 2.45) is 11.7 Å². The van der Waals surface area contributed by atoms with Gasteiger partial charge in [-0.15, -0.1) is 0 Å². The number of rotatable bonds is 8. The number of amides is 1. The Hall–Kier alpha value is -1.75. The van der Waals surface area contributed by atoms with E-state index in [-0.39, 0.29) is 11.4 Å². The number of ether oxygens (including phenoxy) is 2. The molecule has 0 radical (unpaired) electrons. The molecule has 0 heterocycles. The largest absolute Gasteiger partial charge is 0.493 e. The Balaban J connectivity index is 1.79. The quantitative estimate of drug-likeness (QED) is 0.765. The molecule has 1 atom stereocenters. The summed E-state index contributed by atoms with van der Waals surface area (Å²) in [5, 5.41) is 3.04. The molecule has 0 spiro atoms. The Bertz CT molecular complexity index is 488. The molecule has 1 saturated carbocycles. The van der Waals surface area contributed by atoms with Crippen LogP contribution < -0.4 is 20.5 Å². The van der Waals surface area contributed by atoms with Crippen LogP contribution in [0, 0.1) is 5.92 Å². The monoisotopic (exact) mass is 292 g/mol. The van der Waals surface area contributed by atoms with E-state index in [1.54, 1.807) is 7.11 Å². The van der Waals surface area contributed by atoms with Crippen LogP contribution in [0.2, 0.25) is 0 Å². The lowest BCUT2D eigenvalue weighted by atomic mass is 9.96. The zero-order valence-electron chi connectivity index (χ0n) is 12.7. The third-order valence-corrected chi connectivity index (χ3v) is 3.98. The molecular formula is C16H24N2O3. The fraction of sp³-hybridized carbons (Fsp3) is 0.562. The highest BCUT2D eigenvalue weighted by atomic mass is 16.5. The van der Waals surface area contributed by atoms with Crippen molar-refractivity contribution in [1.29, 1.82) is 0 Å². The fourth-order valence-corrected chi connectivity index (χ4v) is 2.41. The fourth-order valence-electron chi connectivity index (χ4n) is 2.41. The summed E-state index contributed by atoms with van der Waals surface area (Å²) in [5.74, 6) is 1.81. The number of carbonyl (C=O) groups is 1. The van der Waals surface area contributed by atoms with Crippen molar-refractivity contribution in [2.45, 2.75) is 31.7 Å². The summed E-state index contributed by atoms with van der Waals surface area (Å²) in [6.07, 6.45) is 2.59. The second kappa shape index (κ2) is 6.80. The number of para-hydroxylation sites is 2. The van der Waals surface area contributed by atoms with Gasteiger partial charge in [0.15, 0.2) is 11.5 Å². The third-order valence-electron chi connectivity index (χ3n) is 3.98. The van der Waals surface area contributed by atoms with E-state index in [2.05, 4.69) is 5.32 Å². The molecule has 0 saturated heterocycles. The van der Waals surface area contributed by atoms with Crippen molar-refractivity contribution in [2.75, 3.05) is 20.3 Å². The second-order valence-electron chi connectivity index (χ2n) is 5.69. The first kappa shape index (κ1) is 15.6. The third kappa shape index (κ3) is 4.11. The molecule has 1 aliphatic carbocycles. The maximum atomic E-state index is 12.0. The second-order valence-corrected chi connectivity index (χ2v) is 5.69. The molecule has 1 aliphatic rings. The van der Waals surface area contributed by atoms with Gasteiger partial charge in [-0.1, -0.05) is 12.1 Å². The van der Waals surface area contributed by atoms with Crippen LogP contribution in [0.5, 0.6) is 11.5 Å². The van der Waals surface area contributed by atoms with E-state index in [9.17, 15) is 4.79 Å². The summed E-state index contributed by atoms with van der Waals surface area (Å²) < 4.78 is 10.8. The Kier molecular flexibility index (Phi) is 5.07. The highest BCUT2D eigenvalue weighted by molar-refractivity contribution is 5.77. The molecule has 5 nitrogen and oxygen atoms in total. The molecule has 1 aromatic carbocycles. The molecule has 3 N–H and O–H groups in total. The van der Waals surface area contributed by atoms with E-state index in [1.165, 1.54) is 0 Å². The van der Waals surface area contributed by atoms with E-state index < -0.39 is 0 Å². The minimum atomic E-state index is -0.276. The molecule has 0 bridgehead atoms. The van der Waals surface area contributed by atoms with Crippen LogP contribution in [0.1, 0.15) is 26.2 Å². The zero-order valence-corrected chi connectivity index (χ0v) is 12.7. The number of hydrogen-bond donors (Lipinski definition) is 2. The van der Waals surface area contributed by atoms with Gasteiger partial charge >= 0.3 is 0 Å². The van der Waals surface area contributed by atoms with Crippen LogP contribution in [0.3, 0.4) is 0 Å². The summed E-state index contributed by atoms with van der Waals surface area (Å²) in [4.78, 5) is 12.0. The van der Waals surface area contributed by atoms with Gasteiger partial charge in [-0.3, -0.25) is 4.79 Å². The molecule has 0 aromatic heterocycles. The number of methoxy groups -OCH3 is 1. The van der Waals surface area contributed by atoms with Crippen molar-refractivity contribution in [3.63, 3.8) is 0 Å². The van der Waals surface area contributed by atoms with Gasteiger partial charge in [0.1, 0.15) is 0 Å². The molecule has 1 amide bonds. The van der Waals surface area contributed by atoms with Crippen LogP contribution >= 0.6 is 0 Å². The minimum absolute atomic E-state index is 0.0234. The normalized spacial score (nSPS) is 16.9. The Morgan fingerprint density at radius 3 is 2.62 bits per heavy atom. The average Bonchev–Trinajstić information content (AvgIpc) is 3.32. The maximum absolute atomic E-state index is 12.0. The van der Waals surface area contributed by atoms with Gasteiger partial charge in [0.2, 0.25) is 5.91 Å².